The predicted octanol–water partition coefficient (Wildman–Crippen LogP) is -0.795. The number of nitrogens with one attached hydrogen (secondary N) is 2. The Morgan fingerprint density at radius 2 is 2.55 bits per heavy atom. The van der Waals surface area contributed by atoms with Crippen molar-refractivity contribution in [3.63, 3.8) is 0 Å². The van der Waals surface area contributed by atoms with Crippen LogP contribution in [0.3, 0.4) is 0 Å². The maximum Gasteiger partial charge on any atom is 0.0421 e. The first kappa shape index (κ1) is 7.28. The molecule has 3 heteroatoms. The van der Waals surface area contributed by atoms with Gasteiger partial charge in [-0.15, -0.1) is 0 Å². The Labute approximate surface area is 67.0 Å². The zero-order valence-electron chi connectivity index (χ0n) is 6.64. The molecule has 4 N–H and O–H groups in total. The number of fused-ring (bicyclic) bond motifs is 1. The summed E-state index contributed by atoms with van der Waals surface area (Å²) in [5.41, 5.74) is 7.10. The minimum atomic E-state index is 0.503. The molecule has 3 nitrogen and oxygen atoms in total. The lowest BCUT2D eigenvalue weighted by Gasteiger charge is -2.25. The van der Waals surface area contributed by atoms with E-state index in [2.05, 4.69) is 16.7 Å². The van der Waals surface area contributed by atoms with Gasteiger partial charge in [0.1, 0.15) is 0 Å². The molecule has 0 aromatic rings. The van der Waals surface area contributed by atoms with E-state index in [9.17, 15) is 0 Å². The van der Waals surface area contributed by atoms with E-state index in [4.69, 9.17) is 5.73 Å². The van der Waals surface area contributed by atoms with Crippen molar-refractivity contribution in [2.24, 2.45) is 5.73 Å². The van der Waals surface area contributed by atoms with E-state index >= 15 is 0 Å². The van der Waals surface area contributed by atoms with Gasteiger partial charge in [0.25, 0.3) is 0 Å². The molecule has 2 rings (SSSR count). The van der Waals surface area contributed by atoms with Gasteiger partial charge >= 0.3 is 0 Å². The van der Waals surface area contributed by atoms with Crippen molar-refractivity contribution in [1.29, 1.82) is 0 Å². The summed E-state index contributed by atoms with van der Waals surface area (Å²) in [6.45, 7) is 2.89. The van der Waals surface area contributed by atoms with Gasteiger partial charge in [-0.05, 0) is 12.0 Å². The molecule has 1 fully saturated rings. The topological polar surface area (TPSA) is 50.1 Å². The van der Waals surface area contributed by atoms with Crippen LogP contribution >= 0.6 is 0 Å². The van der Waals surface area contributed by atoms with E-state index < -0.39 is 0 Å². The second kappa shape index (κ2) is 2.93. The number of hydrogen-bond acceptors (Lipinski definition) is 3. The van der Waals surface area contributed by atoms with Gasteiger partial charge < -0.3 is 16.4 Å². The molecule has 0 spiro atoms. The van der Waals surface area contributed by atoms with E-state index in [0.29, 0.717) is 12.1 Å². The van der Waals surface area contributed by atoms with Crippen LogP contribution < -0.4 is 16.4 Å². The fourth-order valence-corrected chi connectivity index (χ4v) is 1.81. The Balaban J connectivity index is 2.04. The average molecular weight is 153 g/mol. The van der Waals surface area contributed by atoms with Gasteiger partial charge in [0.15, 0.2) is 0 Å². The maximum absolute atomic E-state index is 5.57. The predicted molar refractivity (Wildman–Crippen MR) is 45.3 cm³/mol. The molecule has 0 aliphatic carbocycles. The average Bonchev–Trinajstić information content (AvgIpc) is 2.50. The number of nitrogens with two attached hydrogens (primary N) is 1. The third-order valence-electron chi connectivity index (χ3n) is 2.51. The molecule has 2 heterocycles. The lowest BCUT2D eigenvalue weighted by Crippen LogP contribution is -2.46. The van der Waals surface area contributed by atoms with Crippen LogP contribution in [0.1, 0.15) is 6.42 Å². The monoisotopic (exact) mass is 153 g/mol. The summed E-state index contributed by atoms with van der Waals surface area (Å²) in [7, 11) is 0. The van der Waals surface area contributed by atoms with E-state index in [1.807, 2.05) is 0 Å². The van der Waals surface area contributed by atoms with Gasteiger partial charge in [0.05, 0.1) is 0 Å². The third-order valence-corrected chi connectivity index (χ3v) is 2.51. The van der Waals surface area contributed by atoms with Crippen molar-refractivity contribution in [2.45, 2.75) is 18.5 Å². The molecule has 2 atom stereocenters. The molecule has 0 amide bonds. The van der Waals surface area contributed by atoms with Gasteiger partial charge in [0.2, 0.25) is 0 Å². The minimum absolute atomic E-state index is 0.503. The summed E-state index contributed by atoms with van der Waals surface area (Å²) in [6.07, 6.45) is 3.43. The first-order chi connectivity index (χ1) is 5.40. The Bertz CT molecular complexity index is 176. The second-order valence-corrected chi connectivity index (χ2v) is 3.30. The van der Waals surface area contributed by atoms with Crippen LogP contribution in [0, 0.1) is 0 Å². The molecular formula is C8H15N3. The third kappa shape index (κ3) is 1.31. The lowest BCUT2D eigenvalue weighted by molar-refractivity contribution is 0.459. The Kier molecular flexibility index (Phi) is 1.94. The van der Waals surface area contributed by atoms with E-state index in [1.54, 1.807) is 0 Å². The van der Waals surface area contributed by atoms with Crippen molar-refractivity contribution in [3.05, 3.63) is 11.6 Å². The highest BCUT2D eigenvalue weighted by atomic mass is 15.1. The molecule has 2 unspecified atom stereocenters. The van der Waals surface area contributed by atoms with E-state index in [0.717, 1.165) is 26.1 Å². The quantitative estimate of drug-likeness (QED) is 0.432. The summed E-state index contributed by atoms with van der Waals surface area (Å²) < 4.78 is 0. The largest absolute Gasteiger partial charge is 0.329 e. The van der Waals surface area contributed by atoms with Crippen molar-refractivity contribution in [3.8, 4) is 0 Å². The highest BCUT2D eigenvalue weighted by Gasteiger charge is 2.25. The summed E-state index contributed by atoms with van der Waals surface area (Å²) in [6, 6.07) is 1.07. The van der Waals surface area contributed by atoms with Crippen LogP contribution in [-0.2, 0) is 0 Å². The van der Waals surface area contributed by atoms with Gasteiger partial charge in [-0.2, -0.15) is 0 Å². The fraction of sp³-hybridized carbons (Fsp3) is 0.750. The molecule has 2 aliphatic rings. The van der Waals surface area contributed by atoms with Gasteiger partial charge in [-0.1, -0.05) is 6.08 Å². The molecule has 62 valence electrons. The molecule has 11 heavy (non-hydrogen) atoms. The second-order valence-electron chi connectivity index (χ2n) is 3.30. The zero-order chi connectivity index (χ0) is 7.68. The van der Waals surface area contributed by atoms with Crippen molar-refractivity contribution in [2.75, 3.05) is 19.6 Å². The summed E-state index contributed by atoms with van der Waals surface area (Å²) in [4.78, 5) is 0. The van der Waals surface area contributed by atoms with E-state index in [-0.39, 0.29) is 0 Å². The van der Waals surface area contributed by atoms with Crippen molar-refractivity contribution < 1.29 is 0 Å². The van der Waals surface area contributed by atoms with Gasteiger partial charge in [-0.3, -0.25) is 0 Å². The SMILES string of the molecule is NCC1CC=C2CNCC2N1. The van der Waals surface area contributed by atoms with Crippen molar-refractivity contribution in [1.82, 2.24) is 10.6 Å². The summed E-state index contributed by atoms with van der Waals surface area (Å²) in [5.74, 6) is 0. The first-order valence-electron chi connectivity index (χ1n) is 4.26. The smallest absolute Gasteiger partial charge is 0.0421 e. The molecule has 0 aromatic heterocycles. The molecular weight excluding hydrogens is 138 g/mol. The molecule has 1 saturated heterocycles. The molecule has 0 aromatic carbocycles. The highest BCUT2D eigenvalue weighted by Crippen LogP contribution is 2.15. The maximum atomic E-state index is 5.57. The summed E-state index contributed by atoms with van der Waals surface area (Å²) >= 11 is 0. The molecule has 2 aliphatic heterocycles. The van der Waals surface area contributed by atoms with Crippen LogP contribution in [-0.4, -0.2) is 31.7 Å². The molecule has 0 radical (unpaired) electrons. The van der Waals surface area contributed by atoms with Crippen LogP contribution in [0.2, 0.25) is 0 Å². The van der Waals surface area contributed by atoms with E-state index in [1.165, 1.54) is 5.57 Å². The Morgan fingerprint density at radius 3 is 3.36 bits per heavy atom. The lowest BCUT2D eigenvalue weighted by atomic mass is 10.0. The van der Waals surface area contributed by atoms with Crippen LogP contribution in [0.15, 0.2) is 11.6 Å². The molecule has 0 bridgehead atoms. The number of hydrogen-bond donors (Lipinski definition) is 3. The minimum Gasteiger partial charge on any atom is -0.329 e. The van der Waals surface area contributed by atoms with Gasteiger partial charge in [-0.25, -0.2) is 0 Å². The first-order valence-corrected chi connectivity index (χ1v) is 4.26. The summed E-state index contributed by atoms with van der Waals surface area (Å²) in [5, 5.41) is 6.85. The fourth-order valence-electron chi connectivity index (χ4n) is 1.81. The van der Waals surface area contributed by atoms with Crippen LogP contribution in [0.25, 0.3) is 0 Å². The standard InChI is InChI=1S/C8H15N3/c9-3-7-2-1-6-4-10-5-8(6)11-7/h1,7-8,10-11H,2-5,9H2. The Morgan fingerprint density at radius 1 is 1.64 bits per heavy atom. The Hall–Kier alpha value is -0.380. The highest BCUT2D eigenvalue weighted by molar-refractivity contribution is 5.22. The van der Waals surface area contributed by atoms with Crippen LogP contribution in [0.5, 0.6) is 0 Å². The van der Waals surface area contributed by atoms with Crippen LogP contribution in [0.4, 0.5) is 0 Å². The zero-order valence-corrected chi connectivity index (χ0v) is 6.64. The number of rotatable bonds is 1. The van der Waals surface area contributed by atoms with Crippen molar-refractivity contribution >= 4 is 0 Å². The van der Waals surface area contributed by atoms with Gasteiger partial charge in [0, 0.05) is 31.7 Å². The molecule has 0 saturated carbocycles. The normalized spacial score (nSPS) is 36.6.